The molecule has 0 radical (unpaired) electrons. The Morgan fingerprint density at radius 3 is 3.00 bits per heavy atom. The minimum atomic E-state index is 0.388. The summed E-state index contributed by atoms with van der Waals surface area (Å²) >= 11 is 6.14. The van der Waals surface area contributed by atoms with Crippen LogP contribution in [0.5, 0.6) is 0 Å². The number of ether oxygens (including phenoxy) is 1. The Kier molecular flexibility index (Phi) is 4.36. The lowest BCUT2D eigenvalue weighted by Gasteiger charge is -2.30. The van der Waals surface area contributed by atoms with Crippen molar-refractivity contribution >= 4 is 23.1 Å². The number of hydrogen-bond acceptors (Lipinski definition) is 4. The molecule has 2 aromatic rings. The molecule has 0 N–H and O–H groups in total. The number of halogens is 1. The molecule has 2 heterocycles. The van der Waals surface area contributed by atoms with Gasteiger partial charge in [0.2, 0.25) is 0 Å². The SMILES string of the molecule is CCOCc1nc(Cl)cc(N2CCCc3ccccc32)n1. The molecule has 1 aliphatic heterocycles. The summed E-state index contributed by atoms with van der Waals surface area (Å²) in [7, 11) is 0. The number of rotatable bonds is 4. The molecule has 1 aromatic carbocycles. The third kappa shape index (κ3) is 3.17. The molecule has 5 heteroatoms. The van der Waals surface area contributed by atoms with Gasteiger partial charge in [0.1, 0.15) is 17.6 Å². The van der Waals surface area contributed by atoms with Gasteiger partial charge in [0, 0.05) is 24.9 Å². The van der Waals surface area contributed by atoms with E-state index in [-0.39, 0.29) is 0 Å². The zero-order chi connectivity index (χ0) is 14.7. The topological polar surface area (TPSA) is 38.2 Å². The fourth-order valence-corrected chi connectivity index (χ4v) is 2.81. The van der Waals surface area contributed by atoms with Crippen molar-refractivity contribution in [2.45, 2.75) is 26.4 Å². The van der Waals surface area contributed by atoms with Crippen molar-refractivity contribution in [1.82, 2.24) is 9.97 Å². The zero-order valence-corrected chi connectivity index (χ0v) is 12.8. The van der Waals surface area contributed by atoms with Gasteiger partial charge in [-0.1, -0.05) is 29.8 Å². The van der Waals surface area contributed by atoms with Crippen LogP contribution in [0, 0.1) is 0 Å². The molecule has 4 nitrogen and oxygen atoms in total. The average molecular weight is 304 g/mol. The second-order valence-corrected chi connectivity index (χ2v) is 5.37. The van der Waals surface area contributed by atoms with Gasteiger partial charge in [0.05, 0.1) is 0 Å². The van der Waals surface area contributed by atoms with Gasteiger partial charge in [0.25, 0.3) is 0 Å². The maximum atomic E-state index is 6.14. The van der Waals surface area contributed by atoms with Crippen molar-refractivity contribution in [2.75, 3.05) is 18.1 Å². The van der Waals surface area contributed by atoms with Crippen LogP contribution in [0.25, 0.3) is 0 Å². The monoisotopic (exact) mass is 303 g/mol. The number of para-hydroxylation sites is 1. The van der Waals surface area contributed by atoms with Crippen molar-refractivity contribution in [2.24, 2.45) is 0 Å². The average Bonchev–Trinajstić information content (AvgIpc) is 2.52. The molecule has 0 amide bonds. The summed E-state index contributed by atoms with van der Waals surface area (Å²) in [5.41, 5.74) is 2.56. The van der Waals surface area contributed by atoms with Crippen LogP contribution in [0.15, 0.2) is 30.3 Å². The maximum absolute atomic E-state index is 6.14. The van der Waals surface area contributed by atoms with Gasteiger partial charge < -0.3 is 9.64 Å². The molecule has 0 saturated heterocycles. The third-order valence-electron chi connectivity index (χ3n) is 3.55. The van der Waals surface area contributed by atoms with E-state index in [1.165, 1.54) is 11.3 Å². The molecule has 110 valence electrons. The van der Waals surface area contributed by atoms with Gasteiger partial charge in [-0.3, -0.25) is 0 Å². The van der Waals surface area contributed by atoms with Gasteiger partial charge in [0.15, 0.2) is 5.82 Å². The number of aromatic nitrogens is 2. The second-order valence-electron chi connectivity index (χ2n) is 4.99. The van der Waals surface area contributed by atoms with Crippen LogP contribution in [0.3, 0.4) is 0 Å². The summed E-state index contributed by atoms with van der Waals surface area (Å²) in [5, 5.41) is 0.456. The van der Waals surface area contributed by atoms with E-state index in [1.54, 1.807) is 0 Å². The summed E-state index contributed by atoms with van der Waals surface area (Å²) in [6.07, 6.45) is 2.22. The van der Waals surface area contributed by atoms with E-state index in [0.717, 1.165) is 25.2 Å². The van der Waals surface area contributed by atoms with Crippen molar-refractivity contribution in [3.63, 3.8) is 0 Å². The molecule has 0 fully saturated rings. The minimum Gasteiger partial charge on any atom is -0.374 e. The molecule has 0 atom stereocenters. The maximum Gasteiger partial charge on any atom is 0.158 e. The first-order valence-corrected chi connectivity index (χ1v) is 7.62. The number of hydrogen-bond donors (Lipinski definition) is 0. The zero-order valence-electron chi connectivity index (χ0n) is 12.1. The molecule has 0 spiro atoms. The van der Waals surface area contributed by atoms with Gasteiger partial charge in [-0.15, -0.1) is 0 Å². The highest BCUT2D eigenvalue weighted by Crippen LogP contribution is 2.32. The molecule has 0 aliphatic carbocycles. The third-order valence-corrected chi connectivity index (χ3v) is 3.74. The quantitative estimate of drug-likeness (QED) is 0.806. The van der Waals surface area contributed by atoms with E-state index in [4.69, 9.17) is 16.3 Å². The van der Waals surface area contributed by atoms with E-state index in [2.05, 4.69) is 39.1 Å². The molecule has 0 saturated carbocycles. The van der Waals surface area contributed by atoms with Gasteiger partial charge >= 0.3 is 0 Å². The Labute approximate surface area is 129 Å². The van der Waals surface area contributed by atoms with Gasteiger partial charge in [-0.05, 0) is 31.4 Å². The number of fused-ring (bicyclic) bond motifs is 1. The lowest BCUT2D eigenvalue weighted by molar-refractivity contribution is 0.128. The fourth-order valence-electron chi connectivity index (χ4n) is 2.62. The lowest BCUT2D eigenvalue weighted by Crippen LogP contribution is -2.25. The molecule has 1 aromatic heterocycles. The summed E-state index contributed by atoms with van der Waals surface area (Å²) in [4.78, 5) is 11.0. The number of anilines is 2. The smallest absolute Gasteiger partial charge is 0.158 e. The standard InChI is InChI=1S/C16H18ClN3O/c1-2-21-11-15-18-14(17)10-16(19-15)20-9-5-7-12-6-3-4-8-13(12)20/h3-4,6,8,10H,2,5,7,9,11H2,1H3. The summed E-state index contributed by atoms with van der Waals surface area (Å²) in [6, 6.07) is 10.3. The van der Waals surface area contributed by atoms with E-state index in [9.17, 15) is 0 Å². The molecule has 0 bridgehead atoms. The fraction of sp³-hybridized carbons (Fsp3) is 0.375. The Morgan fingerprint density at radius 2 is 2.14 bits per heavy atom. The first kappa shape index (κ1) is 14.3. The van der Waals surface area contributed by atoms with E-state index in [0.29, 0.717) is 24.2 Å². The van der Waals surface area contributed by atoms with E-state index in [1.807, 2.05) is 13.0 Å². The first-order chi connectivity index (χ1) is 10.3. The predicted octanol–water partition coefficient (Wildman–Crippen LogP) is 3.75. The number of benzene rings is 1. The summed E-state index contributed by atoms with van der Waals surface area (Å²) < 4.78 is 5.38. The summed E-state index contributed by atoms with van der Waals surface area (Å²) in [6.45, 7) is 3.92. The van der Waals surface area contributed by atoms with Gasteiger partial charge in [-0.2, -0.15) is 0 Å². The Hall–Kier alpha value is -1.65. The Morgan fingerprint density at radius 1 is 1.29 bits per heavy atom. The predicted molar refractivity (Wildman–Crippen MR) is 84.1 cm³/mol. The van der Waals surface area contributed by atoms with Crippen LogP contribution in [-0.4, -0.2) is 23.1 Å². The molecular weight excluding hydrogens is 286 g/mol. The highest BCUT2D eigenvalue weighted by atomic mass is 35.5. The van der Waals surface area contributed by atoms with Crippen molar-refractivity contribution in [1.29, 1.82) is 0 Å². The Balaban J connectivity index is 1.95. The van der Waals surface area contributed by atoms with Crippen LogP contribution >= 0.6 is 11.6 Å². The van der Waals surface area contributed by atoms with Crippen molar-refractivity contribution < 1.29 is 4.74 Å². The van der Waals surface area contributed by atoms with Crippen LogP contribution in [0.4, 0.5) is 11.5 Å². The molecular formula is C16H18ClN3O. The van der Waals surface area contributed by atoms with Crippen LogP contribution in [0.1, 0.15) is 24.7 Å². The van der Waals surface area contributed by atoms with Gasteiger partial charge in [-0.25, -0.2) is 9.97 Å². The van der Waals surface area contributed by atoms with Crippen LogP contribution in [0.2, 0.25) is 5.15 Å². The van der Waals surface area contributed by atoms with E-state index >= 15 is 0 Å². The lowest BCUT2D eigenvalue weighted by atomic mass is 10.0. The number of nitrogens with zero attached hydrogens (tertiary/aromatic N) is 3. The molecule has 21 heavy (non-hydrogen) atoms. The van der Waals surface area contributed by atoms with Crippen molar-refractivity contribution in [3.05, 3.63) is 46.9 Å². The summed E-state index contributed by atoms with van der Waals surface area (Å²) in [5.74, 6) is 1.47. The highest BCUT2D eigenvalue weighted by molar-refractivity contribution is 6.29. The molecule has 1 aliphatic rings. The minimum absolute atomic E-state index is 0.388. The molecule has 3 rings (SSSR count). The number of aryl methyl sites for hydroxylation is 1. The normalized spacial score (nSPS) is 14.1. The van der Waals surface area contributed by atoms with Crippen LogP contribution in [-0.2, 0) is 17.8 Å². The van der Waals surface area contributed by atoms with Crippen LogP contribution < -0.4 is 4.90 Å². The van der Waals surface area contributed by atoms with E-state index < -0.39 is 0 Å². The second kappa shape index (κ2) is 6.41. The largest absolute Gasteiger partial charge is 0.374 e. The highest BCUT2D eigenvalue weighted by Gasteiger charge is 2.19. The molecule has 0 unspecified atom stereocenters. The first-order valence-electron chi connectivity index (χ1n) is 7.24. The Bertz CT molecular complexity index is 633. The van der Waals surface area contributed by atoms with Crippen molar-refractivity contribution in [3.8, 4) is 0 Å².